The van der Waals surface area contributed by atoms with E-state index in [1.54, 1.807) is 31.2 Å². The second-order valence-electron chi connectivity index (χ2n) is 3.33. The maximum absolute atomic E-state index is 11.5. The fourth-order valence-electron chi connectivity index (χ4n) is 1.38. The lowest BCUT2D eigenvalue weighted by Gasteiger charge is -2.03. The molecule has 1 aromatic rings. The van der Waals surface area contributed by atoms with Gasteiger partial charge in [-0.05, 0) is 11.6 Å². The molecule has 0 spiro atoms. The molecule has 0 unspecified atom stereocenters. The summed E-state index contributed by atoms with van der Waals surface area (Å²) in [4.78, 5) is 21.7. The molecule has 0 radical (unpaired) electrons. The summed E-state index contributed by atoms with van der Waals surface area (Å²) in [5.41, 5.74) is 0.872. The molecular formula is C12H13NO4. The van der Waals surface area contributed by atoms with Gasteiger partial charge in [0.15, 0.2) is 0 Å². The van der Waals surface area contributed by atoms with Crippen LogP contribution < -0.4 is 0 Å². The molecule has 0 amide bonds. The van der Waals surface area contributed by atoms with Crippen LogP contribution in [0.2, 0.25) is 0 Å². The van der Waals surface area contributed by atoms with Gasteiger partial charge in [0.2, 0.25) is 5.70 Å². The Morgan fingerprint density at radius 1 is 1.47 bits per heavy atom. The van der Waals surface area contributed by atoms with Crippen molar-refractivity contribution in [3.05, 3.63) is 51.2 Å². The number of hydrogen-bond donors (Lipinski definition) is 0. The Morgan fingerprint density at radius 3 is 2.65 bits per heavy atom. The molecule has 0 N–H and O–H groups in total. The van der Waals surface area contributed by atoms with E-state index in [9.17, 15) is 14.9 Å². The topological polar surface area (TPSA) is 69.4 Å². The van der Waals surface area contributed by atoms with Gasteiger partial charge in [0.05, 0.1) is 17.6 Å². The minimum absolute atomic E-state index is 0.0568. The summed E-state index contributed by atoms with van der Waals surface area (Å²) >= 11 is 0. The van der Waals surface area contributed by atoms with Gasteiger partial charge in [0.1, 0.15) is 0 Å². The highest BCUT2D eigenvalue weighted by atomic mass is 16.6. The lowest BCUT2D eigenvalue weighted by Crippen LogP contribution is -2.04. The first-order valence-electron chi connectivity index (χ1n) is 5.12. The van der Waals surface area contributed by atoms with Crippen LogP contribution in [0.25, 0.3) is 6.08 Å². The van der Waals surface area contributed by atoms with Gasteiger partial charge >= 0.3 is 5.97 Å². The zero-order valence-corrected chi connectivity index (χ0v) is 9.67. The van der Waals surface area contributed by atoms with Crippen molar-refractivity contribution in [1.29, 1.82) is 0 Å². The Bertz CT molecular complexity index is 465. The van der Waals surface area contributed by atoms with Crippen molar-refractivity contribution in [3.8, 4) is 0 Å². The highest BCUT2D eigenvalue weighted by molar-refractivity contribution is 5.93. The van der Waals surface area contributed by atoms with Gasteiger partial charge in [-0.2, -0.15) is 0 Å². The van der Waals surface area contributed by atoms with Crippen molar-refractivity contribution in [2.24, 2.45) is 0 Å². The Morgan fingerprint density at radius 2 is 2.12 bits per heavy atom. The number of ether oxygens (including phenoxy) is 1. The van der Waals surface area contributed by atoms with E-state index in [1.807, 2.05) is 0 Å². The van der Waals surface area contributed by atoms with E-state index in [2.05, 4.69) is 4.74 Å². The van der Waals surface area contributed by atoms with Crippen LogP contribution in [0.3, 0.4) is 0 Å². The predicted molar refractivity (Wildman–Crippen MR) is 63.0 cm³/mol. The van der Waals surface area contributed by atoms with Gasteiger partial charge in [-0.15, -0.1) is 0 Å². The molecule has 0 atom stereocenters. The standard InChI is InChI=1S/C12H13NO4/c1-3-10(13(15)16)8-9-6-4-5-7-11(9)12(14)17-2/h4-8H,3H2,1-2H3/b10-8+. The third-order valence-electron chi connectivity index (χ3n) is 2.28. The molecule has 0 aliphatic carbocycles. The number of nitro groups is 1. The van der Waals surface area contributed by atoms with Crippen molar-refractivity contribution in [2.75, 3.05) is 7.11 Å². The zero-order valence-electron chi connectivity index (χ0n) is 9.67. The summed E-state index contributed by atoms with van der Waals surface area (Å²) in [7, 11) is 1.27. The molecule has 0 aromatic heterocycles. The summed E-state index contributed by atoms with van der Waals surface area (Å²) in [5, 5.41) is 10.7. The summed E-state index contributed by atoms with van der Waals surface area (Å²) in [6, 6.07) is 6.61. The largest absolute Gasteiger partial charge is 0.465 e. The molecule has 5 nitrogen and oxygen atoms in total. The maximum Gasteiger partial charge on any atom is 0.338 e. The lowest BCUT2D eigenvalue weighted by molar-refractivity contribution is -0.425. The van der Waals surface area contributed by atoms with E-state index in [-0.39, 0.29) is 5.70 Å². The Hall–Kier alpha value is -2.17. The van der Waals surface area contributed by atoms with E-state index in [0.29, 0.717) is 17.5 Å². The summed E-state index contributed by atoms with van der Waals surface area (Å²) in [6.45, 7) is 1.69. The van der Waals surface area contributed by atoms with Crippen molar-refractivity contribution >= 4 is 12.0 Å². The molecule has 0 bridgehead atoms. The molecule has 1 aromatic carbocycles. The number of rotatable bonds is 4. The highest BCUT2D eigenvalue weighted by Crippen LogP contribution is 2.16. The molecule has 0 saturated heterocycles. The second-order valence-corrected chi connectivity index (χ2v) is 3.33. The van der Waals surface area contributed by atoms with Crippen LogP contribution in [-0.4, -0.2) is 18.0 Å². The molecule has 0 aliphatic heterocycles. The summed E-state index contributed by atoms with van der Waals surface area (Å²) in [5.74, 6) is -0.504. The van der Waals surface area contributed by atoms with Crippen molar-refractivity contribution < 1.29 is 14.5 Å². The number of esters is 1. The first kappa shape index (κ1) is 12.9. The lowest BCUT2D eigenvalue weighted by atomic mass is 10.1. The highest BCUT2D eigenvalue weighted by Gasteiger charge is 2.13. The molecule has 1 rings (SSSR count). The quantitative estimate of drug-likeness (QED) is 0.456. The Balaban J connectivity index is 3.22. The van der Waals surface area contributed by atoms with E-state index < -0.39 is 10.9 Å². The minimum Gasteiger partial charge on any atom is -0.465 e. The van der Waals surface area contributed by atoms with Gasteiger partial charge in [0.25, 0.3) is 0 Å². The maximum atomic E-state index is 11.5. The zero-order chi connectivity index (χ0) is 12.8. The monoisotopic (exact) mass is 235 g/mol. The van der Waals surface area contributed by atoms with E-state index in [4.69, 9.17) is 0 Å². The number of benzene rings is 1. The third kappa shape index (κ3) is 3.14. The van der Waals surface area contributed by atoms with Crippen LogP contribution in [-0.2, 0) is 4.74 Å². The van der Waals surface area contributed by atoms with E-state index >= 15 is 0 Å². The smallest absolute Gasteiger partial charge is 0.338 e. The van der Waals surface area contributed by atoms with Crippen LogP contribution in [0.4, 0.5) is 0 Å². The molecule has 0 heterocycles. The SMILES string of the molecule is CC/C(=C\c1ccccc1C(=O)OC)[N+](=O)[O-]. The number of hydrogen-bond acceptors (Lipinski definition) is 4. The average Bonchev–Trinajstić information content (AvgIpc) is 2.35. The molecule has 90 valence electrons. The van der Waals surface area contributed by atoms with Gasteiger partial charge in [0, 0.05) is 12.5 Å². The van der Waals surface area contributed by atoms with E-state index in [1.165, 1.54) is 13.2 Å². The predicted octanol–water partition coefficient (Wildman–Crippen LogP) is 2.50. The van der Waals surface area contributed by atoms with Gasteiger partial charge in [-0.3, -0.25) is 10.1 Å². The molecule has 0 saturated carbocycles. The van der Waals surface area contributed by atoms with Crippen LogP contribution in [0.15, 0.2) is 30.0 Å². The average molecular weight is 235 g/mol. The summed E-state index contributed by atoms with van der Waals surface area (Å²) in [6.07, 6.45) is 1.69. The number of methoxy groups -OCH3 is 1. The fraction of sp³-hybridized carbons (Fsp3) is 0.250. The van der Waals surface area contributed by atoms with Crippen molar-refractivity contribution in [2.45, 2.75) is 13.3 Å². The van der Waals surface area contributed by atoms with Gasteiger partial charge < -0.3 is 4.74 Å². The number of nitrogens with zero attached hydrogens (tertiary/aromatic N) is 1. The molecule has 0 fully saturated rings. The normalized spacial score (nSPS) is 11.1. The third-order valence-corrected chi connectivity index (χ3v) is 2.28. The molecule has 5 heteroatoms. The van der Waals surface area contributed by atoms with Crippen LogP contribution >= 0.6 is 0 Å². The van der Waals surface area contributed by atoms with Crippen LogP contribution in [0, 0.1) is 10.1 Å². The van der Waals surface area contributed by atoms with E-state index in [0.717, 1.165) is 0 Å². The first-order chi connectivity index (χ1) is 8.10. The summed E-state index contributed by atoms with van der Waals surface area (Å²) < 4.78 is 4.61. The van der Waals surface area contributed by atoms with Gasteiger partial charge in [-0.1, -0.05) is 25.1 Å². The number of allylic oxidation sites excluding steroid dienone is 1. The molecular weight excluding hydrogens is 222 g/mol. The van der Waals surface area contributed by atoms with Crippen LogP contribution in [0.1, 0.15) is 29.3 Å². The Labute approximate surface area is 98.9 Å². The number of carbonyl (C=O) groups is 1. The van der Waals surface area contributed by atoms with Crippen LogP contribution in [0.5, 0.6) is 0 Å². The second kappa shape index (κ2) is 5.79. The van der Waals surface area contributed by atoms with Crippen molar-refractivity contribution in [1.82, 2.24) is 0 Å². The Kier molecular flexibility index (Phi) is 4.39. The number of carbonyl (C=O) groups excluding carboxylic acids is 1. The minimum atomic E-state index is -0.504. The first-order valence-corrected chi connectivity index (χ1v) is 5.12. The molecule has 17 heavy (non-hydrogen) atoms. The molecule has 0 aliphatic rings. The van der Waals surface area contributed by atoms with Gasteiger partial charge in [-0.25, -0.2) is 4.79 Å². The van der Waals surface area contributed by atoms with Crippen molar-refractivity contribution in [3.63, 3.8) is 0 Å². The fourth-order valence-corrected chi connectivity index (χ4v) is 1.38.